The zero-order valence-corrected chi connectivity index (χ0v) is 13.2. The minimum absolute atomic E-state index is 0.110. The van der Waals surface area contributed by atoms with Crippen LogP contribution in [0.25, 0.3) is 11.0 Å². The highest BCUT2D eigenvalue weighted by Gasteiger charge is 2.31. The van der Waals surface area contributed by atoms with Crippen LogP contribution in [-0.4, -0.2) is 23.5 Å². The SMILES string of the molecule is CCCCOC(=O)C(c1cc([N+](=O)[O-])cc2ccoc12)C(C)N. The fraction of sp³-hybridized carbons (Fsp3) is 0.438. The number of hydrogen-bond acceptors (Lipinski definition) is 6. The van der Waals surface area contributed by atoms with Crippen LogP contribution >= 0.6 is 0 Å². The van der Waals surface area contributed by atoms with Crippen LogP contribution in [0.5, 0.6) is 0 Å². The van der Waals surface area contributed by atoms with E-state index in [1.54, 1.807) is 13.0 Å². The Labute approximate surface area is 133 Å². The molecule has 1 aromatic carbocycles. The average Bonchev–Trinajstić information content (AvgIpc) is 2.95. The molecule has 2 N–H and O–H groups in total. The number of benzene rings is 1. The molecule has 124 valence electrons. The van der Waals surface area contributed by atoms with Crippen molar-refractivity contribution in [2.45, 2.75) is 38.6 Å². The number of fused-ring (bicyclic) bond motifs is 1. The number of furan rings is 1. The quantitative estimate of drug-likeness (QED) is 0.363. The van der Waals surface area contributed by atoms with Crippen molar-refractivity contribution in [2.24, 2.45) is 5.73 Å². The summed E-state index contributed by atoms with van der Waals surface area (Å²) in [5.41, 5.74) is 6.64. The molecule has 0 spiro atoms. The lowest BCUT2D eigenvalue weighted by Gasteiger charge is -2.20. The molecule has 2 aromatic rings. The third kappa shape index (κ3) is 3.68. The van der Waals surface area contributed by atoms with E-state index in [1.165, 1.54) is 18.4 Å². The van der Waals surface area contributed by atoms with Crippen molar-refractivity contribution < 1.29 is 18.9 Å². The van der Waals surface area contributed by atoms with Crippen LogP contribution in [0.2, 0.25) is 0 Å². The number of nitrogens with two attached hydrogens (primary N) is 1. The number of ether oxygens (including phenoxy) is 1. The van der Waals surface area contributed by atoms with E-state index in [0.29, 0.717) is 23.1 Å². The molecule has 0 bridgehead atoms. The van der Waals surface area contributed by atoms with Crippen molar-refractivity contribution in [3.8, 4) is 0 Å². The number of carbonyl (C=O) groups excluding carboxylic acids is 1. The predicted octanol–water partition coefficient (Wildman–Crippen LogP) is 3.12. The fourth-order valence-electron chi connectivity index (χ4n) is 2.46. The molecule has 2 atom stereocenters. The number of unbranched alkanes of at least 4 members (excludes halogenated alkanes) is 1. The Morgan fingerprint density at radius 2 is 2.22 bits per heavy atom. The Morgan fingerprint density at radius 3 is 2.83 bits per heavy atom. The number of esters is 1. The molecule has 0 aliphatic heterocycles. The molecular weight excluding hydrogens is 300 g/mol. The van der Waals surface area contributed by atoms with E-state index in [2.05, 4.69) is 0 Å². The van der Waals surface area contributed by atoms with Gasteiger partial charge < -0.3 is 14.9 Å². The standard InChI is InChI=1S/C16H20N2O5/c1-3-4-6-23-16(19)14(10(2)17)13-9-12(18(20)21)8-11-5-7-22-15(11)13/h5,7-10,14H,3-4,6,17H2,1-2H3. The highest BCUT2D eigenvalue weighted by molar-refractivity contribution is 5.90. The maximum absolute atomic E-state index is 12.4. The summed E-state index contributed by atoms with van der Waals surface area (Å²) in [4.78, 5) is 23.0. The molecule has 0 aliphatic carbocycles. The van der Waals surface area contributed by atoms with E-state index in [4.69, 9.17) is 14.9 Å². The van der Waals surface area contributed by atoms with Crippen molar-refractivity contribution in [1.82, 2.24) is 0 Å². The van der Waals surface area contributed by atoms with Crippen LogP contribution in [-0.2, 0) is 9.53 Å². The molecule has 2 unspecified atom stereocenters. The van der Waals surface area contributed by atoms with E-state index in [0.717, 1.165) is 12.8 Å². The first-order chi connectivity index (χ1) is 11.0. The maximum atomic E-state index is 12.4. The van der Waals surface area contributed by atoms with Crippen LogP contribution in [0, 0.1) is 10.1 Å². The average molecular weight is 320 g/mol. The number of nitro groups is 1. The van der Waals surface area contributed by atoms with Crippen molar-refractivity contribution in [1.29, 1.82) is 0 Å². The van der Waals surface area contributed by atoms with Gasteiger partial charge in [-0.05, 0) is 19.4 Å². The van der Waals surface area contributed by atoms with Gasteiger partial charge in [-0.25, -0.2) is 0 Å². The van der Waals surface area contributed by atoms with E-state index in [-0.39, 0.29) is 5.69 Å². The maximum Gasteiger partial charge on any atom is 0.315 e. The number of carbonyl (C=O) groups is 1. The van der Waals surface area contributed by atoms with Crippen LogP contribution in [0.1, 0.15) is 38.2 Å². The summed E-state index contributed by atoms with van der Waals surface area (Å²) in [5.74, 6) is -1.31. The number of nitrogens with zero attached hydrogens (tertiary/aromatic N) is 1. The van der Waals surface area contributed by atoms with Crippen LogP contribution in [0.3, 0.4) is 0 Å². The third-order valence-corrected chi connectivity index (χ3v) is 3.63. The van der Waals surface area contributed by atoms with Crippen molar-refractivity contribution in [2.75, 3.05) is 6.61 Å². The Bertz CT molecular complexity index is 708. The fourth-order valence-corrected chi connectivity index (χ4v) is 2.46. The molecule has 0 aliphatic rings. The lowest BCUT2D eigenvalue weighted by Crippen LogP contribution is -2.32. The van der Waals surface area contributed by atoms with Crippen LogP contribution < -0.4 is 5.73 Å². The molecule has 7 heteroatoms. The first-order valence-electron chi connectivity index (χ1n) is 7.53. The van der Waals surface area contributed by atoms with Gasteiger partial charge in [0.2, 0.25) is 0 Å². The van der Waals surface area contributed by atoms with Gasteiger partial charge in [0.25, 0.3) is 5.69 Å². The second-order valence-electron chi connectivity index (χ2n) is 5.49. The summed E-state index contributed by atoms with van der Waals surface area (Å²) in [6, 6.07) is 3.79. The summed E-state index contributed by atoms with van der Waals surface area (Å²) in [6.45, 7) is 3.96. The first kappa shape index (κ1) is 17.0. The summed E-state index contributed by atoms with van der Waals surface area (Å²) >= 11 is 0. The second-order valence-corrected chi connectivity index (χ2v) is 5.49. The Kier molecular flexibility index (Phi) is 5.33. The molecule has 23 heavy (non-hydrogen) atoms. The minimum Gasteiger partial charge on any atom is -0.465 e. The number of non-ortho nitro benzene ring substituents is 1. The minimum atomic E-state index is -0.819. The van der Waals surface area contributed by atoms with E-state index in [9.17, 15) is 14.9 Å². The van der Waals surface area contributed by atoms with Crippen LogP contribution in [0.4, 0.5) is 5.69 Å². The molecule has 0 saturated carbocycles. The molecule has 0 saturated heterocycles. The summed E-state index contributed by atoms with van der Waals surface area (Å²) in [7, 11) is 0. The third-order valence-electron chi connectivity index (χ3n) is 3.63. The smallest absolute Gasteiger partial charge is 0.315 e. The van der Waals surface area contributed by atoms with Gasteiger partial charge in [0.15, 0.2) is 0 Å². The topological polar surface area (TPSA) is 109 Å². The van der Waals surface area contributed by atoms with Gasteiger partial charge in [-0.3, -0.25) is 14.9 Å². The number of nitro benzene ring substituents is 1. The van der Waals surface area contributed by atoms with E-state index < -0.39 is 22.9 Å². The van der Waals surface area contributed by atoms with Gasteiger partial charge in [0.05, 0.1) is 17.8 Å². The van der Waals surface area contributed by atoms with Gasteiger partial charge in [0, 0.05) is 29.1 Å². The highest BCUT2D eigenvalue weighted by atomic mass is 16.6. The van der Waals surface area contributed by atoms with Gasteiger partial charge in [-0.2, -0.15) is 0 Å². The first-order valence-corrected chi connectivity index (χ1v) is 7.53. The molecule has 1 aromatic heterocycles. The Hall–Kier alpha value is -2.41. The molecule has 0 fully saturated rings. The molecule has 1 heterocycles. The van der Waals surface area contributed by atoms with Crippen LogP contribution in [0.15, 0.2) is 28.9 Å². The van der Waals surface area contributed by atoms with Gasteiger partial charge in [0.1, 0.15) is 11.5 Å². The number of rotatable bonds is 7. The lowest BCUT2D eigenvalue weighted by atomic mass is 9.91. The monoisotopic (exact) mass is 320 g/mol. The second kappa shape index (κ2) is 7.23. The molecule has 2 rings (SSSR count). The molecular formula is C16H20N2O5. The Balaban J connectivity index is 2.46. The zero-order valence-electron chi connectivity index (χ0n) is 13.2. The normalized spacial score (nSPS) is 13.7. The van der Waals surface area contributed by atoms with Crippen molar-refractivity contribution in [3.63, 3.8) is 0 Å². The number of hydrogen-bond donors (Lipinski definition) is 1. The molecule has 0 radical (unpaired) electrons. The van der Waals surface area contributed by atoms with Gasteiger partial charge in [-0.1, -0.05) is 13.3 Å². The summed E-state index contributed by atoms with van der Waals surface area (Å²) < 4.78 is 10.7. The molecule has 7 nitrogen and oxygen atoms in total. The van der Waals surface area contributed by atoms with E-state index in [1.807, 2.05) is 6.92 Å². The van der Waals surface area contributed by atoms with Gasteiger partial charge in [-0.15, -0.1) is 0 Å². The molecule has 0 amide bonds. The summed E-state index contributed by atoms with van der Waals surface area (Å²) in [5, 5.41) is 11.7. The largest absolute Gasteiger partial charge is 0.465 e. The Morgan fingerprint density at radius 1 is 1.48 bits per heavy atom. The highest BCUT2D eigenvalue weighted by Crippen LogP contribution is 2.33. The van der Waals surface area contributed by atoms with Crippen molar-refractivity contribution in [3.05, 3.63) is 40.1 Å². The zero-order chi connectivity index (χ0) is 17.0. The predicted molar refractivity (Wildman–Crippen MR) is 85.1 cm³/mol. The summed E-state index contributed by atoms with van der Waals surface area (Å²) in [6.07, 6.45) is 3.08. The van der Waals surface area contributed by atoms with Crippen molar-refractivity contribution >= 4 is 22.6 Å². The van der Waals surface area contributed by atoms with Gasteiger partial charge >= 0.3 is 5.97 Å². The van der Waals surface area contributed by atoms with E-state index >= 15 is 0 Å². The lowest BCUT2D eigenvalue weighted by molar-refractivity contribution is -0.384.